The van der Waals surface area contributed by atoms with Crippen LogP contribution in [0.2, 0.25) is 0 Å². The molecule has 1 aromatic rings. The van der Waals surface area contributed by atoms with Gasteiger partial charge in [-0.1, -0.05) is 12.1 Å². The van der Waals surface area contributed by atoms with E-state index in [0.29, 0.717) is 31.1 Å². The lowest BCUT2D eigenvalue weighted by atomic mass is 10.2. The van der Waals surface area contributed by atoms with Crippen LogP contribution in [0.5, 0.6) is 0 Å². The van der Waals surface area contributed by atoms with Crippen LogP contribution >= 0.6 is 0 Å². The summed E-state index contributed by atoms with van der Waals surface area (Å²) in [6, 6.07) is 6.69. The minimum Gasteiger partial charge on any atom is -0.395 e. The molecule has 1 heterocycles. The van der Waals surface area contributed by atoms with E-state index >= 15 is 0 Å². The maximum atomic E-state index is 11.9. The number of rotatable bonds is 5. The molecular weight excluding hydrogens is 268 g/mol. The van der Waals surface area contributed by atoms with Crippen LogP contribution in [0.15, 0.2) is 33.6 Å². The third-order valence-electron chi connectivity index (χ3n) is 2.85. The summed E-state index contributed by atoms with van der Waals surface area (Å²) in [5, 5.41) is 9.09. The molecule has 104 valence electrons. The number of hydrogen-bond donors (Lipinski definition) is 1. The second-order valence-electron chi connectivity index (χ2n) is 4.09. The molecular formula is C12H16N2O4S. The molecule has 0 aliphatic carbocycles. The molecule has 7 heteroatoms. The number of nitrogens with zero attached hydrogens (tertiary/aromatic N) is 2. The van der Waals surface area contributed by atoms with Crippen molar-refractivity contribution in [2.75, 3.05) is 33.4 Å². The Hall–Kier alpha value is -1.44. The molecule has 0 aromatic heterocycles. The summed E-state index contributed by atoms with van der Waals surface area (Å²) in [5.74, 6) is 0.377. The zero-order chi connectivity index (χ0) is 13.9. The Bertz CT molecular complexity index is 583. The zero-order valence-corrected chi connectivity index (χ0v) is 11.4. The van der Waals surface area contributed by atoms with Gasteiger partial charge in [0.1, 0.15) is 4.90 Å². The van der Waals surface area contributed by atoms with Crippen LogP contribution in [0, 0.1) is 0 Å². The molecule has 0 saturated heterocycles. The number of amidine groups is 1. The van der Waals surface area contributed by atoms with E-state index in [4.69, 9.17) is 9.84 Å². The minimum absolute atomic E-state index is 0.0784. The standard InChI is InChI=1S/C12H16N2O4S/c1-18-9-7-14(6-8-15)12-10-4-2-3-5-11(10)19(16,17)13-12/h2-5,15H,6-9H2,1H3. The van der Waals surface area contributed by atoms with Crippen LogP contribution in [0.4, 0.5) is 0 Å². The van der Waals surface area contributed by atoms with Crippen molar-refractivity contribution >= 4 is 15.9 Å². The quantitative estimate of drug-likeness (QED) is 0.828. The van der Waals surface area contributed by atoms with Gasteiger partial charge in [-0.3, -0.25) is 0 Å². The number of ether oxygens (including phenoxy) is 1. The van der Waals surface area contributed by atoms with Gasteiger partial charge in [0.25, 0.3) is 10.0 Å². The molecule has 19 heavy (non-hydrogen) atoms. The predicted octanol–water partition coefficient (Wildman–Crippen LogP) is 0.0762. The molecule has 2 rings (SSSR count). The molecule has 6 nitrogen and oxygen atoms in total. The zero-order valence-electron chi connectivity index (χ0n) is 10.6. The van der Waals surface area contributed by atoms with E-state index in [9.17, 15) is 8.42 Å². The molecule has 0 radical (unpaired) electrons. The van der Waals surface area contributed by atoms with Gasteiger partial charge in [-0.2, -0.15) is 8.42 Å². The maximum Gasteiger partial charge on any atom is 0.285 e. The van der Waals surface area contributed by atoms with Gasteiger partial charge in [0.05, 0.1) is 13.2 Å². The molecule has 0 unspecified atom stereocenters. The Morgan fingerprint density at radius 1 is 1.32 bits per heavy atom. The average Bonchev–Trinajstić information content (AvgIpc) is 2.67. The second-order valence-corrected chi connectivity index (χ2v) is 5.66. The maximum absolute atomic E-state index is 11.9. The summed E-state index contributed by atoms with van der Waals surface area (Å²) in [5.41, 5.74) is 0.576. The normalized spacial score (nSPS) is 16.0. The van der Waals surface area contributed by atoms with Gasteiger partial charge in [-0.15, -0.1) is 4.40 Å². The average molecular weight is 284 g/mol. The second kappa shape index (κ2) is 5.68. The van der Waals surface area contributed by atoms with E-state index in [2.05, 4.69) is 4.40 Å². The highest BCUT2D eigenvalue weighted by atomic mass is 32.2. The smallest absolute Gasteiger partial charge is 0.285 e. The van der Waals surface area contributed by atoms with E-state index < -0.39 is 10.0 Å². The van der Waals surface area contributed by atoms with E-state index in [1.165, 1.54) is 6.07 Å². The summed E-state index contributed by atoms with van der Waals surface area (Å²) >= 11 is 0. The lowest BCUT2D eigenvalue weighted by Gasteiger charge is -2.23. The van der Waals surface area contributed by atoms with Crippen LogP contribution in [0.25, 0.3) is 0 Å². The van der Waals surface area contributed by atoms with Crippen molar-refractivity contribution in [2.45, 2.75) is 4.90 Å². The largest absolute Gasteiger partial charge is 0.395 e. The Morgan fingerprint density at radius 2 is 2.05 bits per heavy atom. The van der Waals surface area contributed by atoms with E-state index in [-0.39, 0.29) is 11.5 Å². The number of benzene rings is 1. The van der Waals surface area contributed by atoms with Gasteiger partial charge < -0.3 is 14.7 Å². The first kappa shape index (κ1) is 14.0. The lowest BCUT2D eigenvalue weighted by Crippen LogP contribution is -2.36. The molecule has 0 bridgehead atoms. The first-order chi connectivity index (χ1) is 9.10. The van der Waals surface area contributed by atoms with E-state index in [1.54, 1.807) is 30.2 Å². The number of methoxy groups -OCH3 is 1. The van der Waals surface area contributed by atoms with Gasteiger partial charge >= 0.3 is 0 Å². The Balaban J connectivity index is 2.38. The van der Waals surface area contributed by atoms with Crippen molar-refractivity contribution in [3.8, 4) is 0 Å². The summed E-state index contributed by atoms with van der Waals surface area (Å²) < 4.78 is 32.7. The number of aliphatic hydroxyl groups is 1. The summed E-state index contributed by atoms with van der Waals surface area (Å²) in [6.45, 7) is 1.14. The van der Waals surface area contributed by atoms with Gasteiger partial charge in [0, 0.05) is 25.8 Å². The highest BCUT2D eigenvalue weighted by molar-refractivity contribution is 7.90. The Kier molecular flexibility index (Phi) is 4.18. The highest BCUT2D eigenvalue weighted by Gasteiger charge is 2.31. The molecule has 1 aliphatic heterocycles. The Labute approximate surface area is 112 Å². The molecule has 1 aliphatic rings. The van der Waals surface area contributed by atoms with Crippen molar-refractivity contribution < 1.29 is 18.3 Å². The van der Waals surface area contributed by atoms with E-state index in [0.717, 1.165) is 0 Å². The van der Waals surface area contributed by atoms with Crippen LogP contribution < -0.4 is 0 Å². The van der Waals surface area contributed by atoms with Gasteiger partial charge in [0.15, 0.2) is 5.84 Å². The first-order valence-electron chi connectivity index (χ1n) is 5.89. The topological polar surface area (TPSA) is 79.2 Å². The first-order valence-corrected chi connectivity index (χ1v) is 7.33. The van der Waals surface area contributed by atoms with Crippen molar-refractivity contribution in [1.82, 2.24) is 4.90 Å². The number of sulfonamides is 1. The number of fused-ring (bicyclic) bond motifs is 1. The molecule has 1 aromatic carbocycles. The summed E-state index contributed by atoms with van der Waals surface area (Å²) in [6.07, 6.45) is 0. The lowest BCUT2D eigenvalue weighted by molar-refractivity contribution is 0.165. The van der Waals surface area contributed by atoms with Crippen molar-refractivity contribution in [1.29, 1.82) is 0 Å². The SMILES string of the molecule is COCCN(CCO)C1=NS(=O)(=O)c2ccccc21. The third-order valence-corrected chi connectivity index (χ3v) is 4.17. The molecule has 0 atom stereocenters. The van der Waals surface area contributed by atoms with Crippen LogP contribution in [0.1, 0.15) is 5.56 Å². The third kappa shape index (κ3) is 2.78. The predicted molar refractivity (Wildman–Crippen MR) is 70.7 cm³/mol. The minimum atomic E-state index is -3.62. The van der Waals surface area contributed by atoms with Gasteiger partial charge in [0.2, 0.25) is 0 Å². The van der Waals surface area contributed by atoms with Crippen molar-refractivity contribution in [2.24, 2.45) is 4.40 Å². The summed E-state index contributed by atoms with van der Waals surface area (Å²) in [4.78, 5) is 1.93. The molecule has 0 amide bonds. The van der Waals surface area contributed by atoms with Crippen molar-refractivity contribution in [3.63, 3.8) is 0 Å². The van der Waals surface area contributed by atoms with E-state index in [1.807, 2.05) is 0 Å². The molecule has 0 fully saturated rings. The van der Waals surface area contributed by atoms with Gasteiger partial charge in [-0.25, -0.2) is 0 Å². The summed E-state index contributed by atoms with van der Waals surface area (Å²) in [7, 11) is -2.05. The fourth-order valence-electron chi connectivity index (χ4n) is 1.96. The Morgan fingerprint density at radius 3 is 2.74 bits per heavy atom. The number of aliphatic hydroxyl groups excluding tert-OH is 1. The highest BCUT2D eigenvalue weighted by Crippen LogP contribution is 2.27. The van der Waals surface area contributed by atoms with Gasteiger partial charge in [-0.05, 0) is 12.1 Å². The van der Waals surface area contributed by atoms with Crippen LogP contribution in [-0.2, 0) is 14.8 Å². The molecule has 1 N–H and O–H groups in total. The fourth-order valence-corrected chi connectivity index (χ4v) is 3.19. The fraction of sp³-hybridized carbons (Fsp3) is 0.417. The van der Waals surface area contributed by atoms with Crippen LogP contribution in [-0.4, -0.2) is 57.7 Å². The number of hydrogen-bond acceptors (Lipinski definition) is 5. The monoisotopic (exact) mass is 284 g/mol. The van der Waals surface area contributed by atoms with Crippen LogP contribution in [0.3, 0.4) is 0 Å². The van der Waals surface area contributed by atoms with Crippen molar-refractivity contribution in [3.05, 3.63) is 29.8 Å². The molecule has 0 saturated carbocycles. The molecule has 0 spiro atoms.